The third-order valence-electron chi connectivity index (χ3n) is 10.6. The molecule has 0 aliphatic carbocycles. The Morgan fingerprint density at radius 1 is 0.265 bits per heavy atom. The molecule has 0 atom stereocenters. The Labute approximate surface area is 282 Å². The zero-order chi connectivity index (χ0) is 32.1. The van der Waals surface area contributed by atoms with Gasteiger partial charge in [-0.05, 0) is 111 Å². The molecule has 0 fully saturated rings. The molecule has 226 valence electrons. The highest BCUT2D eigenvalue weighted by atomic mass is 16.3. The van der Waals surface area contributed by atoms with Gasteiger partial charge in [-0.2, -0.15) is 0 Å². The lowest BCUT2D eigenvalue weighted by Crippen LogP contribution is -1.85. The highest BCUT2D eigenvalue weighted by Gasteiger charge is 2.15. The summed E-state index contributed by atoms with van der Waals surface area (Å²) in [5, 5.41) is 17.6. The summed E-state index contributed by atoms with van der Waals surface area (Å²) >= 11 is 0. The van der Waals surface area contributed by atoms with E-state index in [4.69, 9.17) is 4.42 Å². The zero-order valence-corrected chi connectivity index (χ0v) is 26.6. The number of hydrogen-bond acceptors (Lipinski definition) is 1. The van der Waals surface area contributed by atoms with Crippen LogP contribution in [0.1, 0.15) is 0 Å². The highest BCUT2D eigenvalue weighted by Crippen LogP contribution is 2.41. The van der Waals surface area contributed by atoms with E-state index < -0.39 is 0 Å². The second-order valence-electron chi connectivity index (χ2n) is 13.2. The van der Waals surface area contributed by atoms with E-state index in [2.05, 4.69) is 170 Å². The van der Waals surface area contributed by atoms with Crippen LogP contribution in [-0.4, -0.2) is 0 Å². The molecule has 0 saturated carbocycles. The molecule has 0 spiro atoms. The molecule has 0 radical (unpaired) electrons. The van der Waals surface area contributed by atoms with Gasteiger partial charge in [0, 0.05) is 10.8 Å². The van der Waals surface area contributed by atoms with E-state index in [-0.39, 0.29) is 0 Å². The van der Waals surface area contributed by atoms with Crippen molar-refractivity contribution in [3.63, 3.8) is 0 Å². The van der Waals surface area contributed by atoms with Crippen molar-refractivity contribution in [1.82, 2.24) is 0 Å². The van der Waals surface area contributed by atoms with Gasteiger partial charge in [-0.1, -0.05) is 146 Å². The first-order chi connectivity index (χ1) is 24.3. The molecular formula is C48H28O. The van der Waals surface area contributed by atoms with E-state index in [0.717, 1.165) is 21.9 Å². The van der Waals surface area contributed by atoms with Crippen LogP contribution < -0.4 is 0 Å². The lowest BCUT2D eigenvalue weighted by molar-refractivity contribution is 0.669. The van der Waals surface area contributed by atoms with E-state index in [1.165, 1.54) is 86.9 Å². The molecule has 11 aromatic rings. The van der Waals surface area contributed by atoms with E-state index >= 15 is 0 Å². The smallest absolute Gasteiger partial charge is 0.135 e. The average Bonchev–Trinajstić information content (AvgIpc) is 3.54. The summed E-state index contributed by atoms with van der Waals surface area (Å²) in [5.74, 6) is 0. The van der Waals surface area contributed by atoms with E-state index in [0.29, 0.717) is 0 Å². The lowest BCUT2D eigenvalue weighted by atomic mass is 9.91. The van der Waals surface area contributed by atoms with E-state index in [1.54, 1.807) is 0 Å². The van der Waals surface area contributed by atoms with Gasteiger partial charge in [0.15, 0.2) is 0 Å². The van der Waals surface area contributed by atoms with Crippen molar-refractivity contribution in [3.8, 4) is 22.3 Å². The third-order valence-corrected chi connectivity index (χ3v) is 10.6. The standard InChI is InChI=1S/C48H28O/c1-3-9-37-29(7-1)15-17-31-19-23-39-35(11-5-13-41(39)47(31)37)33-21-25-45-43(27-33)44-28-34(22-26-46(44)49-45)36-12-6-14-42-40(36)24-20-32-18-16-30-8-2-4-10-38(30)48(32)42/h1-28H. The molecule has 0 N–H and O–H groups in total. The summed E-state index contributed by atoms with van der Waals surface area (Å²) in [6.45, 7) is 0. The van der Waals surface area contributed by atoms with Gasteiger partial charge in [-0.3, -0.25) is 0 Å². The molecule has 10 aromatic carbocycles. The second-order valence-corrected chi connectivity index (χ2v) is 13.2. The number of rotatable bonds is 2. The molecule has 1 nitrogen and oxygen atoms in total. The van der Waals surface area contributed by atoms with Gasteiger partial charge in [0.25, 0.3) is 0 Å². The number of benzene rings is 10. The van der Waals surface area contributed by atoms with Crippen LogP contribution in [0.5, 0.6) is 0 Å². The van der Waals surface area contributed by atoms with Crippen LogP contribution in [0.25, 0.3) is 109 Å². The first kappa shape index (κ1) is 26.6. The van der Waals surface area contributed by atoms with Crippen molar-refractivity contribution >= 4 is 86.6 Å². The molecule has 0 aliphatic heterocycles. The van der Waals surface area contributed by atoms with Crippen molar-refractivity contribution in [3.05, 3.63) is 170 Å². The minimum Gasteiger partial charge on any atom is -0.456 e. The zero-order valence-electron chi connectivity index (χ0n) is 26.6. The van der Waals surface area contributed by atoms with Crippen LogP contribution in [-0.2, 0) is 0 Å². The number of hydrogen-bond donors (Lipinski definition) is 0. The fourth-order valence-electron chi connectivity index (χ4n) is 8.34. The topological polar surface area (TPSA) is 13.1 Å². The quantitative estimate of drug-likeness (QED) is 0.175. The van der Waals surface area contributed by atoms with E-state index in [9.17, 15) is 0 Å². The van der Waals surface area contributed by atoms with E-state index in [1.807, 2.05) is 0 Å². The Bertz CT molecular complexity index is 2950. The molecule has 0 saturated heterocycles. The Hall–Kier alpha value is -6.44. The Balaban J connectivity index is 1.11. The van der Waals surface area contributed by atoms with Gasteiger partial charge in [-0.25, -0.2) is 0 Å². The van der Waals surface area contributed by atoms with Gasteiger partial charge in [0.2, 0.25) is 0 Å². The number of furan rings is 1. The average molecular weight is 621 g/mol. The van der Waals surface area contributed by atoms with Crippen LogP contribution in [0.3, 0.4) is 0 Å². The maximum Gasteiger partial charge on any atom is 0.135 e. The maximum atomic E-state index is 6.42. The number of fused-ring (bicyclic) bond motifs is 13. The summed E-state index contributed by atoms with van der Waals surface area (Å²) in [7, 11) is 0. The minimum absolute atomic E-state index is 0.906. The summed E-state index contributed by atoms with van der Waals surface area (Å²) in [6, 6.07) is 62.1. The molecule has 0 unspecified atom stereocenters. The van der Waals surface area contributed by atoms with Gasteiger partial charge in [-0.15, -0.1) is 0 Å². The Morgan fingerprint density at radius 3 is 1.20 bits per heavy atom. The fraction of sp³-hybridized carbons (Fsp3) is 0. The van der Waals surface area contributed by atoms with Crippen molar-refractivity contribution in [1.29, 1.82) is 0 Å². The maximum absolute atomic E-state index is 6.42. The summed E-state index contributed by atoms with van der Waals surface area (Å²) in [5.41, 5.74) is 6.65. The summed E-state index contributed by atoms with van der Waals surface area (Å²) < 4.78 is 6.42. The summed E-state index contributed by atoms with van der Waals surface area (Å²) in [6.07, 6.45) is 0. The van der Waals surface area contributed by atoms with Crippen molar-refractivity contribution in [2.75, 3.05) is 0 Å². The van der Waals surface area contributed by atoms with Gasteiger partial charge < -0.3 is 4.42 Å². The largest absolute Gasteiger partial charge is 0.456 e. The van der Waals surface area contributed by atoms with Crippen LogP contribution in [0.15, 0.2) is 174 Å². The van der Waals surface area contributed by atoms with Crippen molar-refractivity contribution in [2.24, 2.45) is 0 Å². The summed E-state index contributed by atoms with van der Waals surface area (Å²) in [4.78, 5) is 0. The van der Waals surface area contributed by atoms with Crippen molar-refractivity contribution < 1.29 is 4.42 Å². The molecule has 1 heteroatoms. The van der Waals surface area contributed by atoms with Gasteiger partial charge >= 0.3 is 0 Å². The molecule has 1 heterocycles. The molecule has 49 heavy (non-hydrogen) atoms. The minimum atomic E-state index is 0.906. The third kappa shape index (κ3) is 3.87. The van der Waals surface area contributed by atoms with Crippen LogP contribution in [0, 0.1) is 0 Å². The van der Waals surface area contributed by atoms with Crippen LogP contribution in [0.4, 0.5) is 0 Å². The predicted molar refractivity (Wildman–Crippen MR) is 210 cm³/mol. The normalized spacial score (nSPS) is 12.1. The SMILES string of the molecule is c1ccc2c(c1)ccc1ccc3c(-c4ccc5oc6ccc(-c7cccc8c7ccc7ccc9ccccc9c78)cc6c5c4)cccc3c12. The van der Waals surface area contributed by atoms with Gasteiger partial charge in [0.05, 0.1) is 0 Å². The molecule has 0 aliphatic rings. The van der Waals surface area contributed by atoms with Crippen LogP contribution in [0.2, 0.25) is 0 Å². The van der Waals surface area contributed by atoms with Crippen molar-refractivity contribution in [2.45, 2.75) is 0 Å². The molecule has 0 bridgehead atoms. The first-order valence-electron chi connectivity index (χ1n) is 16.9. The van der Waals surface area contributed by atoms with Crippen LogP contribution >= 0.6 is 0 Å². The molecule has 11 rings (SSSR count). The highest BCUT2D eigenvalue weighted by molar-refractivity contribution is 6.24. The lowest BCUT2D eigenvalue weighted by Gasteiger charge is -2.12. The molecule has 0 amide bonds. The Morgan fingerprint density at radius 2 is 0.694 bits per heavy atom. The molecule has 1 aromatic heterocycles. The molecular weight excluding hydrogens is 593 g/mol. The van der Waals surface area contributed by atoms with Gasteiger partial charge in [0.1, 0.15) is 11.2 Å². The fourth-order valence-corrected chi connectivity index (χ4v) is 8.34. The predicted octanol–water partition coefficient (Wildman–Crippen LogP) is 13.8. The Kier molecular flexibility index (Phi) is 5.45. The second kappa shape index (κ2) is 10.0. The monoisotopic (exact) mass is 620 g/mol. The first-order valence-corrected chi connectivity index (χ1v) is 16.9.